The minimum absolute atomic E-state index is 0.163. The van der Waals surface area contributed by atoms with E-state index in [-0.39, 0.29) is 17.0 Å². The molecule has 0 atom stereocenters. The van der Waals surface area contributed by atoms with E-state index in [1.807, 2.05) is 11.6 Å². The van der Waals surface area contributed by atoms with Gasteiger partial charge < -0.3 is 19.3 Å². The van der Waals surface area contributed by atoms with Crippen molar-refractivity contribution >= 4 is 5.69 Å². The number of hydrogen-bond acceptors (Lipinski definition) is 6. The minimum atomic E-state index is -0.323. The molecule has 1 aromatic carbocycles. The molecule has 3 heterocycles. The summed E-state index contributed by atoms with van der Waals surface area (Å²) in [7, 11) is 1.92. The number of pyridine rings is 1. The number of aromatic hydroxyl groups is 1. The average molecular weight is 416 g/mol. The Kier molecular flexibility index (Phi) is 6.36. The molecule has 0 radical (unpaired) electrons. The highest BCUT2D eigenvalue weighted by atomic mass is 19.1. The van der Waals surface area contributed by atoms with Crippen LogP contribution in [-0.4, -0.2) is 72.0 Å². The maximum Gasteiger partial charge on any atom is 0.223 e. The standard InChI is InChI=1S/C22H29FN4O3/c1-24-19(15-26-10-12-30-13-11-26)14-21(28)22(29)20(24)16-25-6-8-27(9-7-25)18-4-2-17(23)3-5-18/h2-5,14,29H,6-13,15-16H2,1H3. The molecule has 2 saturated heterocycles. The van der Waals surface area contributed by atoms with Crippen LogP contribution < -0.4 is 10.3 Å². The van der Waals surface area contributed by atoms with Gasteiger partial charge in [-0.05, 0) is 24.3 Å². The molecule has 2 fully saturated rings. The third-order valence-electron chi connectivity index (χ3n) is 6.07. The quantitative estimate of drug-likeness (QED) is 0.795. The number of benzene rings is 1. The summed E-state index contributed by atoms with van der Waals surface area (Å²) in [5, 5.41) is 10.5. The molecule has 0 unspecified atom stereocenters. The van der Waals surface area contributed by atoms with Crippen molar-refractivity contribution in [1.82, 2.24) is 14.4 Å². The van der Waals surface area contributed by atoms with Crippen molar-refractivity contribution in [1.29, 1.82) is 0 Å². The van der Waals surface area contributed by atoms with Crippen LogP contribution in [0.25, 0.3) is 0 Å². The first-order chi connectivity index (χ1) is 14.5. The molecule has 7 nitrogen and oxygen atoms in total. The van der Waals surface area contributed by atoms with Gasteiger partial charge in [-0.25, -0.2) is 4.39 Å². The van der Waals surface area contributed by atoms with Gasteiger partial charge in [0.25, 0.3) is 0 Å². The molecule has 0 amide bonds. The molecule has 30 heavy (non-hydrogen) atoms. The lowest BCUT2D eigenvalue weighted by Gasteiger charge is -2.36. The molecule has 2 aliphatic heterocycles. The van der Waals surface area contributed by atoms with Crippen molar-refractivity contribution < 1.29 is 14.2 Å². The van der Waals surface area contributed by atoms with Crippen LogP contribution >= 0.6 is 0 Å². The number of aromatic nitrogens is 1. The maximum atomic E-state index is 13.2. The smallest absolute Gasteiger partial charge is 0.223 e. The summed E-state index contributed by atoms with van der Waals surface area (Å²) in [6, 6.07) is 8.11. The highest BCUT2D eigenvalue weighted by Crippen LogP contribution is 2.21. The zero-order chi connectivity index (χ0) is 21.1. The van der Waals surface area contributed by atoms with Gasteiger partial charge >= 0.3 is 0 Å². The molecule has 162 valence electrons. The van der Waals surface area contributed by atoms with E-state index >= 15 is 0 Å². The molecule has 0 bridgehead atoms. The molecule has 0 spiro atoms. The Morgan fingerprint density at radius 2 is 1.60 bits per heavy atom. The van der Waals surface area contributed by atoms with Crippen LogP contribution in [0.1, 0.15) is 11.4 Å². The van der Waals surface area contributed by atoms with Gasteiger partial charge in [-0.1, -0.05) is 0 Å². The average Bonchev–Trinajstić information content (AvgIpc) is 2.77. The van der Waals surface area contributed by atoms with Crippen LogP contribution in [0.4, 0.5) is 10.1 Å². The predicted octanol–water partition coefficient (Wildman–Crippen LogP) is 1.38. The number of rotatable bonds is 5. The molecule has 1 N–H and O–H groups in total. The van der Waals surface area contributed by atoms with Crippen molar-refractivity contribution in [3.8, 4) is 5.75 Å². The molecule has 4 rings (SSSR count). The van der Waals surface area contributed by atoms with Crippen molar-refractivity contribution in [2.24, 2.45) is 7.05 Å². The van der Waals surface area contributed by atoms with Crippen molar-refractivity contribution in [2.75, 3.05) is 57.4 Å². The second-order valence-electron chi connectivity index (χ2n) is 7.98. The van der Waals surface area contributed by atoms with Gasteiger partial charge in [0.15, 0.2) is 5.75 Å². The van der Waals surface area contributed by atoms with Crippen LogP contribution in [0, 0.1) is 5.82 Å². The first-order valence-corrected chi connectivity index (χ1v) is 10.4. The fraction of sp³-hybridized carbons (Fsp3) is 0.500. The van der Waals surface area contributed by atoms with Gasteiger partial charge in [0.1, 0.15) is 5.82 Å². The summed E-state index contributed by atoms with van der Waals surface area (Å²) in [6.45, 7) is 7.52. The zero-order valence-corrected chi connectivity index (χ0v) is 17.4. The normalized spacial score (nSPS) is 18.7. The predicted molar refractivity (Wildman–Crippen MR) is 113 cm³/mol. The van der Waals surface area contributed by atoms with Crippen LogP contribution in [0.2, 0.25) is 0 Å². The summed E-state index contributed by atoms with van der Waals surface area (Å²) in [5.74, 6) is -0.394. The van der Waals surface area contributed by atoms with Crippen LogP contribution in [0.3, 0.4) is 0 Å². The van der Waals surface area contributed by atoms with Gasteiger partial charge in [-0.2, -0.15) is 0 Å². The lowest BCUT2D eigenvalue weighted by atomic mass is 10.2. The van der Waals surface area contributed by atoms with E-state index < -0.39 is 0 Å². The lowest BCUT2D eigenvalue weighted by molar-refractivity contribution is 0.0331. The fourth-order valence-corrected chi connectivity index (χ4v) is 4.14. The number of ether oxygens (including phenoxy) is 1. The Bertz CT molecular complexity index is 917. The van der Waals surface area contributed by atoms with Gasteiger partial charge in [0, 0.05) is 76.9 Å². The number of hydrogen-bond donors (Lipinski definition) is 1. The Balaban J connectivity index is 1.44. The van der Waals surface area contributed by atoms with E-state index in [1.54, 1.807) is 18.2 Å². The number of halogens is 1. The zero-order valence-electron chi connectivity index (χ0n) is 17.4. The summed E-state index contributed by atoms with van der Waals surface area (Å²) >= 11 is 0. The number of anilines is 1. The number of piperazine rings is 1. The van der Waals surface area contributed by atoms with Crippen LogP contribution in [-0.2, 0) is 24.9 Å². The third-order valence-corrected chi connectivity index (χ3v) is 6.07. The van der Waals surface area contributed by atoms with E-state index in [2.05, 4.69) is 14.7 Å². The highest BCUT2D eigenvalue weighted by molar-refractivity contribution is 5.46. The van der Waals surface area contributed by atoms with Crippen LogP contribution in [0.15, 0.2) is 35.1 Å². The Hall–Kier alpha value is -2.42. The molecule has 8 heteroatoms. The second kappa shape index (κ2) is 9.16. The minimum Gasteiger partial charge on any atom is -0.503 e. The summed E-state index contributed by atoms with van der Waals surface area (Å²) in [4.78, 5) is 19.1. The first kappa shape index (κ1) is 20.8. The summed E-state index contributed by atoms with van der Waals surface area (Å²) in [5.41, 5.74) is 2.25. The number of nitrogens with zero attached hydrogens (tertiary/aromatic N) is 4. The van der Waals surface area contributed by atoms with Gasteiger partial charge in [-0.15, -0.1) is 0 Å². The van der Waals surface area contributed by atoms with Gasteiger partial charge in [0.05, 0.1) is 18.9 Å². The molecular formula is C22H29FN4O3. The maximum absolute atomic E-state index is 13.2. The van der Waals surface area contributed by atoms with Gasteiger partial charge in [0.2, 0.25) is 5.43 Å². The molecule has 0 saturated carbocycles. The molecule has 2 aromatic rings. The summed E-state index contributed by atoms with van der Waals surface area (Å²) in [6.07, 6.45) is 0. The largest absolute Gasteiger partial charge is 0.503 e. The van der Waals surface area contributed by atoms with E-state index in [0.717, 1.165) is 50.6 Å². The Morgan fingerprint density at radius 3 is 2.27 bits per heavy atom. The molecule has 2 aliphatic rings. The van der Waals surface area contributed by atoms with Crippen molar-refractivity contribution in [3.63, 3.8) is 0 Å². The second-order valence-corrected chi connectivity index (χ2v) is 7.98. The molecular weight excluding hydrogens is 387 g/mol. The van der Waals surface area contributed by atoms with E-state index in [1.165, 1.54) is 12.1 Å². The van der Waals surface area contributed by atoms with Crippen molar-refractivity contribution in [3.05, 3.63) is 57.8 Å². The Morgan fingerprint density at radius 1 is 0.967 bits per heavy atom. The third kappa shape index (κ3) is 4.66. The SMILES string of the molecule is Cn1c(CN2CCOCC2)cc(=O)c(O)c1CN1CCN(c2ccc(F)cc2)CC1. The van der Waals surface area contributed by atoms with E-state index in [9.17, 15) is 14.3 Å². The van der Waals surface area contributed by atoms with Crippen LogP contribution in [0.5, 0.6) is 5.75 Å². The molecule has 0 aliphatic carbocycles. The monoisotopic (exact) mass is 416 g/mol. The fourth-order valence-electron chi connectivity index (χ4n) is 4.14. The Labute approximate surface area is 175 Å². The van der Waals surface area contributed by atoms with E-state index in [0.29, 0.717) is 32.0 Å². The summed E-state index contributed by atoms with van der Waals surface area (Å²) < 4.78 is 20.5. The van der Waals surface area contributed by atoms with E-state index in [4.69, 9.17) is 4.74 Å². The number of morpholine rings is 1. The van der Waals surface area contributed by atoms with Crippen molar-refractivity contribution in [2.45, 2.75) is 13.1 Å². The molecule has 1 aromatic heterocycles. The lowest BCUT2D eigenvalue weighted by Crippen LogP contribution is -2.46. The highest BCUT2D eigenvalue weighted by Gasteiger charge is 2.22. The topological polar surface area (TPSA) is 61.2 Å². The van der Waals surface area contributed by atoms with Gasteiger partial charge in [-0.3, -0.25) is 14.6 Å². The first-order valence-electron chi connectivity index (χ1n) is 10.4.